The van der Waals surface area contributed by atoms with Crippen LogP contribution in [-0.2, 0) is 0 Å². The molecule has 0 saturated carbocycles. The third kappa shape index (κ3) is 2.71. The normalized spacial score (nSPS) is 10.6. The molecule has 3 rings (SSSR count). The zero-order chi connectivity index (χ0) is 14.8. The van der Waals surface area contributed by atoms with E-state index in [0.29, 0.717) is 21.4 Å². The van der Waals surface area contributed by atoms with Crippen LogP contribution in [0.5, 0.6) is 0 Å². The predicted molar refractivity (Wildman–Crippen MR) is 86.2 cm³/mol. The predicted octanol–water partition coefficient (Wildman–Crippen LogP) is 4.79. The third-order valence-corrected chi connectivity index (χ3v) is 3.74. The van der Waals surface area contributed by atoms with E-state index in [1.54, 1.807) is 24.3 Å². The first kappa shape index (κ1) is 13.9. The van der Waals surface area contributed by atoms with Crippen molar-refractivity contribution in [3.05, 3.63) is 70.5 Å². The molecule has 0 aliphatic heterocycles. The fourth-order valence-corrected chi connectivity index (χ4v) is 2.49. The van der Waals surface area contributed by atoms with Gasteiger partial charge in [-0.2, -0.15) is 0 Å². The van der Waals surface area contributed by atoms with Gasteiger partial charge in [0.1, 0.15) is 5.15 Å². The molecule has 0 saturated heterocycles. The largest absolute Gasteiger partial charge is 0.321 e. The van der Waals surface area contributed by atoms with E-state index >= 15 is 0 Å². The summed E-state index contributed by atoms with van der Waals surface area (Å²) in [6.07, 6.45) is 1.47. The van der Waals surface area contributed by atoms with E-state index in [2.05, 4.69) is 10.3 Å². The number of anilines is 1. The van der Waals surface area contributed by atoms with E-state index in [9.17, 15) is 4.79 Å². The molecule has 0 bridgehead atoms. The number of aromatic nitrogens is 1. The molecule has 0 aliphatic carbocycles. The molecule has 2 aromatic carbocycles. The summed E-state index contributed by atoms with van der Waals surface area (Å²) in [5.74, 6) is -0.275. The summed E-state index contributed by atoms with van der Waals surface area (Å²) in [6.45, 7) is 0. The van der Waals surface area contributed by atoms with Crippen molar-refractivity contribution in [2.75, 3.05) is 5.32 Å². The highest BCUT2D eigenvalue weighted by Gasteiger charge is 2.13. The van der Waals surface area contributed by atoms with Crippen LogP contribution < -0.4 is 5.32 Å². The van der Waals surface area contributed by atoms with Crippen molar-refractivity contribution in [1.29, 1.82) is 0 Å². The van der Waals surface area contributed by atoms with Crippen molar-refractivity contribution in [2.45, 2.75) is 0 Å². The number of carbonyl (C=O) groups is 1. The van der Waals surface area contributed by atoms with Crippen LogP contribution in [0.25, 0.3) is 10.8 Å². The van der Waals surface area contributed by atoms with Crippen LogP contribution in [0.3, 0.4) is 0 Å². The number of hydrogen-bond acceptors (Lipinski definition) is 2. The number of rotatable bonds is 2. The van der Waals surface area contributed by atoms with Crippen LogP contribution in [0, 0.1) is 0 Å². The van der Waals surface area contributed by atoms with E-state index in [-0.39, 0.29) is 5.91 Å². The van der Waals surface area contributed by atoms with Gasteiger partial charge < -0.3 is 5.32 Å². The molecular formula is C16H10Cl2N2O. The first-order valence-electron chi connectivity index (χ1n) is 6.26. The van der Waals surface area contributed by atoms with Crippen molar-refractivity contribution >= 4 is 45.6 Å². The average molecular weight is 317 g/mol. The summed E-state index contributed by atoms with van der Waals surface area (Å²) >= 11 is 12.1. The van der Waals surface area contributed by atoms with Gasteiger partial charge in [-0.1, -0.05) is 59.6 Å². The summed E-state index contributed by atoms with van der Waals surface area (Å²) in [5, 5.41) is 5.14. The molecule has 0 fully saturated rings. The van der Waals surface area contributed by atoms with E-state index in [1.807, 2.05) is 24.3 Å². The second kappa shape index (κ2) is 5.72. The van der Waals surface area contributed by atoms with Gasteiger partial charge in [0.2, 0.25) is 0 Å². The Bertz CT molecular complexity index is 833. The number of pyridine rings is 1. The highest BCUT2D eigenvalue weighted by molar-refractivity contribution is 6.35. The molecule has 3 nitrogen and oxygen atoms in total. The van der Waals surface area contributed by atoms with E-state index in [0.717, 1.165) is 10.8 Å². The number of para-hydroxylation sites is 1. The van der Waals surface area contributed by atoms with Crippen LogP contribution in [0.2, 0.25) is 10.2 Å². The zero-order valence-corrected chi connectivity index (χ0v) is 12.3. The Labute approximate surface area is 131 Å². The highest BCUT2D eigenvalue weighted by Crippen LogP contribution is 2.26. The van der Waals surface area contributed by atoms with Gasteiger partial charge in [-0.3, -0.25) is 4.79 Å². The number of fused-ring (bicyclic) bond motifs is 1. The van der Waals surface area contributed by atoms with Gasteiger partial charge in [0.15, 0.2) is 0 Å². The molecular weight excluding hydrogens is 307 g/mol. The molecule has 1 heterocycles. The number of hydrogen-bond donors (Lipinski definition) is 1. The minimum atomic E-state index is -0.275. The average Bonchev–Trinajstić information content (AvgIpc) is 2.50. The molecule has 5 heteroatoms. The zero-order valence-electron chi connectivity index (χ0n) is 10.8. The van der Waals surface area contributed by atoms with E-state index in [1.165, 1.54) is 6.20 Å². The van der Waals surface area contributed by atoms with Gasteiger partial charge >= 0.3 is 0 Å². The molecule has 1 N–H and O–H groups in total. The maximum atomic E-state index is 12.4. The van der Waals surface area contributed by atoms with Crippen LogP contribution in [-0.4, -0.2) is 10.9 Å². The molecule has 104 valence electrons. The van der Waals surface area contributed by atoms with Crippen LogP contribution >= 0.6 is 23.2 Å². The molecule has 3 aromatic rings. The first-order valence-corrected chi connectivity index (χ1v) is 7.01. The van der Waals surface area contributed by atoms with Gasteiger partial charge in [-0.05, 0) is 17.5 Å². The smallest absolute Gasteiger partial charge is 0.257 e. The van der Waals surface area contributed by atoms with Gasteiger partial charge in [0, 0.05) is 11.6 Å². The maximum absolute atomic E-state index is 12.4. The van der Waals surface area contributed by atoms with Crippen molar-refractivity contribution in [3.63, 3.8) is 0 Å². The van der Waals surface area contributed by atoms with Gasteiger partial charge in [-0.15, -0.1) is 0 Å². The van der Waals surface area contributed by atoms with Crippen LogP contribution in [0.4, 0.5) is 5.69 Å². The Morgan fingerprint density at radius 3 is 2.38 bits per heavy atom. The fourth-order valence-electron chi connectivity index (χ4n) is 2.09. The summed E-state index contributed by atoms with van der Waals surface area (Å²) in [6, 6.07) is 14.4. The monoisotopic (exact) mass is 316 g/mol. The molecule has 0 spiro atoms. The number of halogens is 2. The Kier molecular flexibility index (Phi) is 3.78. The lowest BCUT2D eigenvalue weighted by Gasteiger charge is -2.09. The molecule has 0 aliphatic rings. The van der Waals surface area contributed by atoms with Crippen LogP contribution in [0.15, 0.2) is 54.7 Å². The molecule has 0 atom stereocenters. The standard InChI is InChI=1S/C16H10Cl2N2O/c17-13-7-3-4-8-14(13)20-16(21)12-9-19-15(18)11-6-2-1-5-10(11)12/h1-9H,(H,20,21). The fraction of sp³-hybridized carbons (Fsp3) is 0. The second-order valence-electron chi connectivity index (χ2n) is 4.44. The number of amides is 1. The molecule has 1 amide bonds. The maximum Gasteiger partial charge on any atom is 0.257 e. The lowest BCUT2D eigenvalue weighted by Crippen LogP contribution is -2.13. The quantitative estimate of drug-likeness (QED) is 0.690. The summed E-state index contributed by atoms with van der Waals surface area (Å²) < 4.78 is 0. The molecule has 0 radical (unpaired) electrons. The van der Waals surface area contributed by atoms with E-state index < -0.39 is 0 Å². The number of benzene rings is 2. The van der Waals surface area contributed by atoms with Crippen molar-refractivity contribution < 1.29 is 4.79 Å². The lowest BCUT2D eigenvalue weighted by molar-refractivity contribution is 0.102. The SMILES string of the molecule is O=C(Nc1ccccc1Cl)c1cnc(Cl)c2ccccc12. The third-order valence-electron chi connectivity index (χ3n) is 3.11. The van der Waals surface area contributed by atoms with Gasteiger partial charge in [0.05, 0.1) is 16.3 Å². The number of nitrogens with zero attached hydrogens (tertiary/aromatic N) is 1. The Balaban J connectivity index is 2.03. The first-order chi connectivity index (χ1) is 10.2. The highest BCUT2D eigenvalue weighted by atomic mass is 35.5. The second-order valence-corrected chi connectivity index (χ2v) is 5.21. The van der Waals surface area contributed by atoms with Gasteiger partial charge in [0.25, 0.3) is 5.91 Å². The van der Waals surface area contributed by atoms with Crippen molar-refractivity contribution in [1.82, 2.24) is 4.98 Å². The van der Waals surface area contributed by atoms with Crippen LogP contribution in [0.1, 0.15) is 10.4 Å². The summed E-state index contributed by atoms with van der Waals surface area (Å²) in [4.78, 5) is 16.5. The Morgan fingerprint density at radius 1 is 0.952 bits per heavy atom. The summed E-state index contributed by atoms with van der Waals surface area (Å²) in [5.41, 5.74) is 1.01. The van der Waals surface area contributed by atoms with Crippen molar-refractivity contribution in [2.24, 2.45) is 0 Å². The minimum absolute atomic E-state index is 0.275. The van der Waals surface area contributed by atoms with Crippen molar-refractivity contribution in [3.8, 4) is 0 Å². The molecule has 1 aromatic heterocycles. The molecule has 21 heavy (non-hydrogen) atoms. The Hall–Kier alpha value is -2.10. The Morgan fingerprint density at radius 2 is 1.62 bits per heavy atom. The van der Waals surface area contributed by atoms with E-state index in [4.69, 9.17) is 23.2 Å². The number of carbonyl (C=O) groups excluding carboxylic acids is 1. The topological polar surface area (TPSA) is 42.0 Å². The lowest BCUT2D eigenvalue weighted by atomic mass is 10.1. The summed E-state index contributed by atoms with van der Waals surface area (Å²) in [7, 11) is 0. The minimum Gasteiger partial charge on any atom is -0.321 e. The molecule has 0 unspecified atom stereocenters. The van der Waals surface area contributed by atoms with Gasteiger partial charge in [-0.25, -0.2) is 4.98 Å². The number of nitrogens with one attached hydrogen (secondary N) is 1.